The Balaban J connectivity index is 5.14. The van der Waals surface area contributed by atoms with Gasteiger partial charge in [-0.3, -0.25) is 37.3 Å². The largest absolute Gasteiger partial charge is 0.472 e. The second-order valence-electron chi connectivity index (χ2n) is 24.0. The van der Waals surface area contributed by atoms with Crippen molar-refractivity contribution in [1.82, 2.24) is 0 Å². The minimum atomic E-state index is -4.94. The molecule has 3 N–H and O–H groups in total. The first kappa shape index (κ1) is 82.1. The zero-order chi connectivity index (χ0) is 62.0. The topological polar surface area (TPSA) is 237 Å². The van der Waals surface area contributed by atoms with Crippen molar-refractivity contribution in [3.8, 4) is 0 Å². The van der Waals surface area contributed by atoms with Gasteiger partial charge < -0.3 is 33.8 Å². The predicted octanol–water partition coefficient (Wildman–Crippen LogP) is 18.2. The minimum Gasteiger partial charge on any atom is -0.462 e. The van der Waals surface area contributed by atoms with Crippen molar-refractivity contribution in [1.29, 1.82) is 0 Å². The number of ether oxygens (including phenoxy) is 4. The minimum absolute atomic E-state index is 0.101. The molecule has 0 radical (unpaired) electrons. The fourth-order valence-corrected chi connectivity index (χ4v) is 11.3. The van der Waals surface area contributed by atoms with E-state index in [4.69, 9.17) is 37.0 Å². The molecule has 0 aliphatic carbocycles. The summed E-state index contributed by atoms with van der Waals surface area (Å²) in [6.45, 7) is 7.02. The number of hydrogen-bond donors (Lipinski definition) is 3. The van der Waals surface area contributed by atoms with Gasteiger partial charge in [-0.2, -0.15) is 0 Å². The molecular weight excluding hydrogens is 1110 g/mol. The standard InChI is InChI=1S/C65H126O17P2/c1-6-9-12-15-17-19-21-23-24-25-26-27-28-30-32-34-40-45-50-64(69)81-61(55-76-63(68)49-44-39-33-31-29-22-20-18-16-13-10-7-2)57-80-84(73,74)78-53-59(66)52-77-83(71,72)79-56-60(54-75-62(67)48-43-37-14-11-8-3)82-65(70)51-46-41-36-35-38-42-47-58(4)5/h58-61,66H,6-57H2,1-5H3,(H,71,72)(H,73,74)/t59-,60+,61+/m0/s1. The summed E-state index contributed by atoms with van der Waals surface area (Å²) in [5.41, 5.74) is 0. The molecule has 0 fully saturated rings. The Morgan fingerprint density at radius 3 is 0.810 bits per heavy atom. The molecule has 0 saturated heterocycles. The molecule has 498 valence electrons. The van der Waals surface area contributed by atoms with Crippen LogP contribution in [0.5, 0.6) is 0 Å². The third-order valence-corrected chi connectivity index (χ3v) is 16.9. The predicted molar refractivity (Wildman–Crippen MR) is 335 cm³/mol. The number of aliphatic hydroxyl groups excluding tert-OH is 1. The summed E-state index contributed by atoms with van der Waals surface area (Å²) in [6.07, 6.45) is 43.7. The number of esters is 4. The highest BCUT2D eigenvalue weighted by atomic mass is 31.2. The summed E-state index contributed by atoms with van der Waals surface area (Å²) in [7, 11) is -9.88. The van der Waals surface area contributed by atoms with Crippen LogP contribution in [0.25, 0.3) is 0 Å². The van der Waals surface area contributed by atoms with Crippen LogP contribution >= 0.6 is 15.6 Å². The average molecular weight is 1240 g/mol. The summed E-state index contributed by atoms with van der Waals surface area (Å²) in [5.74, 6) is -1.48. The van der Waals surface area contributed by atoms with Crippen LogP contribution < -0.4 is 0 Å². The second kappa shape index (κ2) is 58.7. The lowest BCUT2D eigenvalue weighted by Crippen LogP contribution is -2.30. The van der Waals surface area contributed by atoms with Crippen LogP contribution in [0.4, 0.5) is 0 Å². The van der Waals surface area contributed by atoms with Crippen molar-refractivity contribution in [3.05, 3.63) is 0 Å². The monoisotopic (exact) mass is 1240 g/mol. The summed E-state index contributed by atoms with van der Waals surface area (Å²) >= 11 is 0. The Hall–Kier alpha value is -1.94. The maximum absolute atomic E-state index is 13.0. The van der Waals surface area contributed by atoms with E-state index in [1.807, 2.05) is 0 Å². The number of rotatable bonds is 65. The lowest BCUT2D eigenvalue weighted by molar-refractivity contribution is -0.161. The summed E-state index contributed by atoms with van der Waals surface area (Å²) in [4.78, 5) is 72.0. The van der Waals surface area contributed by atoms with Gasteiger partial charge in [-0.25, -0.2) is 9.13 Å². The molecule has 5 atom stereocenters. The van der Waals surface area contributed by atoms with Gasteiger partial charge in [-0.1, -0.05) is 279 Å². The fourth-order valence-electron chi connectivity index (χ4n) is 9.76. The Morgan fingerprint density at radius 2 is 0.548 bits per heavy atom. The molecular formula is C65H126O17P2. The fraction of sp³-hybridized carbons (Fsp3) is 0.938. The van der Waals surface area contributed by atoms with Crippen molar-refractivity contribution < 1.29 is 80.2 Å². The number of unbranched alkanes of at least 4 members (excludes halogenated alkanes) is 37. The van der Waals surface area contributed by atoms with Gasteiger partial charge in [0.15, 0.2) is 12.2 Å². The van der Waals surface area contributed by atoms with Crippen LogP contribution in [0, 0.1) is 5.92 Å². The normalized spacial score (nSPS) is 14.2. The van der Waals surface area contributed by atoms with Crippen LogP contribution in [0.3, 0.4) is 0 Å². The van der Waals surface area contributed by atoms with E-state index in [1.54, 1.807) is 0 Å². The van der Waals surface area contributed by atoms with E-state index in [-0.39, 0.29) is 25.7 Å². The van der Waals surface area contributed by atoms with Crippen molar-refractivity contribution in [2.45, 2.75) is 348 Å². The van der Waals surface area contributed by atoms with Gasteiger partial charge in [0, 0.05) is 25.7 Å². The lowest BCUT2D eigenvalue weighted by atomic mass is 10.0. The molecule has 0 bridgehead atoms. The molecule has 0 aliphatic heterocycles. The number of carbonyl (C=O) groups excluding carboxylic acids is 4. The molecule has 0 amide bonds. The molecule has 2 unspecified atom stereocenters. The zero-order valence-electron chi connectivity index (χ0n) is 54.0. The molecule has 84 heavy (non-hydrogen) atoms. The molecule has 0 heterocycles. The third kappa shape index (κ3) is 59.0. The van der Waals surface area contributed by atoms with Crippen LogP contribution in [-0.2, 0) is 65.4 Å². The number of aliphatic hydroxyl groups is 1. The molecule has 0 aromatic heterocycles. The highest BCUT2D eigenvalue weighted by Gasteiger charge is 2.30. The van der Waals surface area contributed by atoms with Gasteiger partial charge in [0.05, 0.1) is 26.4 Å². The van der Waals surface area contributed by atoms with Crippen molar-refractivity contribution in [3.63, 3.8) is 0 Å². The summed E-state index contributed by atoms with van der Waals surface area (Å²) in [6, 6.07) is 0. The van der Waals surface area contributed by atoms with Crippen molar-refractivity contribution >= 4 is 39.5 Å². The summed E-state index contributed by atoms with van der Waals surface area (Å²) in [5, 5.41) is 10.5. The molecule has 17 nitrogen and oxygen atoms in total. The highest BCUT2D eigenvalue weighted by Crippen LogP contribution is 2.45. The Bertz CT molecular complexity index is 1640. The van der Waals surface area contributed by atoms with Gasteiger partial charge in [0.2, 0.25) is 0 Å². The van der Waals surface area contributed by atoms with E-state index in [2.05, 4.69) is 34.6 Å². The Kier molecular flexibility index (Phi) is 57.4. The SMILES string of the molecule is CCCCCCCCCCCCCCCCCCCCC(=O)O[C@H](COC(=O)CCCCCCCCCCCCCC)COP(=O)(O)OC[C@@H](O)COP(=O)(O)OC[C@@H](COC(=O)CCCCCCC)OC(=O)CCCCCCCCC(C)C. The molecule has 0 rings (SSSR count). The van der Waals surface area contributed by atoms with E-state index >= 15 is 0 Å². The second-order valence-corrected chi connectivity index (χ2v) is 26.9. The first-order valence-corrected chi connectivity index (χ1v) is 37.1. The van der Waals surface area contributed by atoms with Crippen molar-refractivity contribution in [2.75, 3.05) is 39.6 Å². The summed E-state index contributed by atoms with van der Waals surface area (Å²) < 4.78 is 67.8. The number of carbonyl (C=O) groups is 4. The Morgan fingerprint density at radius 1 is 0.321 bits per heavy atom. The maximum Gasteiger partial charge on any atom is 0.472 e. The molecule has 19 heteroatoms. The highest BCUT2D eigenvalue weighted by molar-refractivity contribution is 7.47. The van der Waals surface area contributed by atoms with Gasteiger partial charge in [0.25, 0.3) is 0 Å². The lowest BCUT2D eigenvalue weighted by Gasteiger charge is -2.21. The number of hydrogen-bond acceptors (Lipinski definition) is 15. The third-order valence-electron chi connectivity index (χ3n) is 15.0. The molecule has 0 aromatic rings. The van der Waals surface area contributed by atoms with E-state index in [1.165, 1.54) is 148 Å². The van der Waals surface area contributed by atoms with E-state index in [0.29, 0.717) is 31.6 Å². The molecule has 0 aromatic carbocycles. The van der Waals surface area contributed by atoms with Crippen LogP contribution in [-0.4, -0.2) is 96.7 Å². The van der Waals surface area contributed by atoms with E-state index < -0.39 is 97.5 Å². The first-order valence-electron chi connectivity index (χ1n) is 34.1. The van der Waals surface area contributed by atoms with E-state index in [0.717, 1.165) is 96.3 Å². The Labute approximate surface area is 511 Å². The smallest absolute Gasteiger partial charge is 0.462 e. The first-order chi connectivity index (χ1) is 40.5. The molecule has 0 saturated carbocycles. The quantitative estimate of drug-likeness (QED) is 0.0222. The maximum atomic E-state index is 13.0. The van der Waals surface area contributed by atoms with Crippen LogP contribution in [0.1, 0.15) is 330 Å². The zero-order valence-corrected chi connectivity index (χ0v) is 55.8. The van der Waals surface area contributed by atoms with Gasteiger partial charge in [-0.15, -0.1) is 0 Å². The average Bonchev–Trinajstić information content (AvgIpc) is 3.49. The number of phosphoric acid groups is 2. The van der Waals surface area contributed by atoms with Crippen LogP contribution in [0.15, 0.2) is 0 Å². The van der Waals surface area contributed by atoms with Gasteiger partial charge in [-0.05, 0) is 31.6 Å². The van der Waals surface area contributed by atoms with Gasteiger partial charge >= 0.3 is 39.5 Å². The van der Waals surface area contributed by atoms with Gasteiger partial charge in [0.1, 0.15) is 19.3 Å². The van der Waals surface area contributed by atoms with E-state index in [9.17, 15) is 43.2 Å². The molecule has 0 aliphatic rings. The molecule has 0 spiro atoms. The van der Waals surface area contributed by atoms with Crippen molar-refractivity contribution in [2.24, 2.45) is 5.92 Å². The number of phosphoric ester groups is 2. The van der Waals surface area contributed by atoms with Crippen LogP contribution in [0.2, 0.25) is 0 Å².